The van der Waals surface area contributed by atoms with E-state index in [2.05, 4.69) is 4.98 Å². The molecule has 110 valence electrons. The number of benzene rings is 2. The number of aryl methyl sites for hydroxylation is 1. The van der Waals surface area contributed by atoms with Crippen LogP contribution in [0.4, 0.5) is 4.39 Å². The highest BCUT2D eigenvalue weighted by Gasteiger charge is 2.12. The largest absolute Gasteiger partial charge is 0.292 e. The molecule has 0 N–H and O–H groups in total. The summed E-state index contributed by atoms with van der Waals surface area (Å²) in [7, 11) is 0. The monoisotopic (exact) mass is 293 g/mol. The van der Waals surface area contributed by atoms with Crippen LogP contribution in [0.1, 0.15) is 28.7 Å². The normalized spacial score (nSPS) is 10.8. The molecule has 0 aliphatic heterocycles. The number of nitrogens with zero attached hydrogens (tertiary/aromatic N) is 1. The van der Waals surface area contributed by atoms with Gasteiger partial charge in [-0.2, -0.15) is 0 Å². The predicted molar refractivity (Wildman–Crippen MR) is 85.6 cm³/mol. The van der Waals surface area contributed by atoms with Gasteiger partial charge in [-0.25, -0.2) is 9.37 Å². The van der Waals surface area contributed by atoms with Crippen LogP contribution in [0.2, 0.25) is 0 Å². The van der Waals surface area contributed by atoms with E-state index in [0.717, 1.165) is 23.1 Å². The summed E-state index contributed by atoms with van der Waals surface area (Å²) >= 11 is 0. The fourth-order valence-corrected chi connectivity index (χ4v) is 2.57. The first-order valence-electron chi connectivity index (χ1n) is 7.34. The van der Waals surface area contributed by atoms with Crippen LogP contribution in [-0.4, -0.2) is 10.8 Å². The molecule has 0 saturated carbocycles. The number of hydrogen-bond donors (Lipinski definition) is 0. The highest BCUT2D eigenvalue weighted by molar-refractivity contribution is 5.98. The minimum Gasteiger partial charge on any atom is -0.292 e. The maximum atomic E-state index is 13.8. The highest BCUT2D eigenvalue weighted by atomic mass is 19.1. The predicted octanol–water partition coefficient (Wildman–Crippen LogP) is 4.36. The van der Waals surface area contributed by atoms with Crippen molar-refractivity contribution in [2.24, 2.45) is 0 Å². The lowest BCUT2D eigenvalue weighted by Crippen LogP contribution is -2.07. The van der Waals surface area contributed by atoms with E-state index in [1.165, 1.54) is 6.07 Å². The van der Waals surface area contributed by atoms with E-state index >= 15 is 0 Å². The Labute approximate surface area is 128 Å². The van der Waals surface area contributed by atoms with Gasteiger partial charge in [0.1, 0.15) is 11.5 Å². The van der Waals surface area contributed by atoms with Gasteiger partial charge in [-0.3, -0.25) is 4.79 Å². The maximum absolute atomic E-state index is 13.8. The Balaban J connectivity index is 1.96. The van der Waals surface area contributed by atoms with Gasteiger partial charge in [0, 0.05) is 17.5 Å². The first kappa shape index (κ1) is 14.4. The van der Waals surface area contributed by atoms with Crippen molar-refractivity contribution in [3.8, 4) is 0 Å². The van der Waals surface area contributed by atoms with Gasteiger partial charge in [0.25, 0.3) is 0 Å². The molecule has 0 spiro atoms. The molecule has 2 nitrogen and oxygen atoms in total. The molecule has 2 aromatic carbocycles. The number of carbonyl (C=O) groups excluding carboxylic acids is 1. The molecule has 3 heteroatoms. The van der Waals surface area contributed by atoms with E-state index in [1.54, 1.807) is 24.3 Å². The molecule has 0 amide bonds. The van der Waals surface area contributed by atoms with Crippen LogP contribution in [0.5, 0.6) is 0 Å². The van der Waals surface area contributed by atoms with Crippen molar-refractivity contribution in [1.29, 1.82) is 0 Å². The SMILES string of the molecule is CCc1cccc(C(=O)Cc2ccc(F)c3ccccc23)n1. The van der Waals surface area contributed by atoms with Gasteiger partial charge in [-0.05, 0) is 35.6 Å². The molecule has 0 aliphatic rings. The molecular formula is C19H16FNO. The molecule has 1 aromatic heterocycles. The van der Waals surface area contributed by atoms with Crippen LogP contribution < -0.4 is 0 Å². The van der Waals surface area contributed by atoms with Gasteiger partial charge < -0.3 is 0 Å². The second-order valence-electron chi connectivity index (χ2n) is 5.22. The zero-order valence-corrected chi connectivity index (χ0v) is 12.3. The van der Waals surface area contributed by atoms with E-state index in [-0.39, 0.29) is 18.0 Å². The third-order valence-electron chi connectivity index (χ3n) is 3.77. The Bertz CT molecular complexity index is 842. The third kappa shape index (κ3) is 2.75. The van der Waals surface area contributed by atoms with Crippen molar-refractivity contribution in [1.82, 2.24) is 4.98 Å². The van der Waals surface area contributed by atoms with Crippen molar-refractivity contribution in [2.75, 3.05) is 0 Å². The Morgan fingerprint density at radius 2 is 1.77 bits per heavy atom. The quantitative estimate of drug-likeness (QED) is 0.669. The maximum Gasteiger partial charge on any atom is 0.185 e. The van der Waals surface area contributed by atoms with E-state index in [4.69, 9.17) is 0 Å². The summed E-state index contributed by atoms with van der Waals surface area (Å²) in [5.74, 6) is -0.315. The lowest BCUT2D eigenvalue weighted by atomic mass is 9.99. The van der Waals surface area contributed by atoms with Gasteiger partial charge in [0.15, 0.2) is 5.78 Å². The second kappa shape index (κ2) is 6.06. The number of Topliss-reactive ketones (excluding diaryl/α,β-unsaturated/α-hetero) is 1. The number of rotatable bonds is 4. The van der Waals surface area contributed by atoms with Crippen LogP contribution in [0.25, 0.3) is 10.8 Å². The molecule has 3 rings (SSSR count). The molecule has 3 aromatic rings. The molecule has 22 heavy (non-hydrogen) atoms. The van der Waals surface area contributed by atoms with Gasteiger partial charge in [0.05, 0.1) is 0 Å². The molecule has 0 atom stereocenters. The first-order valence-corrected chi connectivity index (χ1v) is 7.34. The summed E-state index contributed by atoms with van der Waals surface area (Å²) < 4.78 is 13.8. The third-order valence-corrected chi connectivity index (χ3v) is 3.77. The smallest absolute Gasteiger partial charge is 0.185 e. The summed E-state index contributed by atoms with van der Waals surface area (Å²) in [4.78, 5) is 16.8. The second-order valence-corrected chi connectivity index (χ2v) is 5.22. The molecular weight excluding hydrogens is 277 g/mol. The number of halogens is 1. The van der Waals surface area contributed by atoms with E-state index < -0.39 is 0 Å². The summed E-state index contributed by atoms with van der Waals surface area (Å²) in [5.41, 5.74) is 2.19. The number of aromatic nitrogens is 1. The van der Waals surface area contributed by atoms with Gasteiger partial charge >= 0.3 is 0 Å². The standard InChI is InChI=1S/C19H16FNO/c1-2-14-6-5-9-18(21-14)19(22)12-13-10-11-17(20)16-8-4-3-7-15(13)16/h3-11H,2,12H2,1H3. The average molecular weight is 293 g/mol. The number of carbonyl (C=O) groups is 1. The van der Waals surface area contributed by atoms with E-state index in [1.807, 2.05) is 31.2 Å². The lowest BCUT2D eigenvalue weighted by Gasteiger charge is -2.07. The topological polar surface area (TPSA) is 30.0 Å². The van der Waals surface area contributed by atoms with Gasteiger partial charge in [0.2, 0.25) is 0 Å². The highest BCUT2D eigenvalue weighted by Crippen LogP contribution is 2.23. The molecule has 0 aliphatic carbocycles. The van der Waals surface area contributed by atoms with Crippen molar-refractivity contribution < 1.29 is 9.18 Å². The fourth-order valence-electron chi connectivity index (χ4n) is 2.57. The van der Waals surface area contributed by atoms with Crippen LogP contribution in [0.15, 0.2) is 54.6 Å². The number of fused-ring (bicyclic) bond motifs is 1. The minimum absolute atomic E-state index is 0.0490. The summed E-state index contributed by atoms with van der Waals surface area (Å²) in [5, 5.41) is 1.32. The zero-order chi connectivity index (χ0) is 15.5. The van der Waals surface area contributed by atoms with Crippen molar-refractivity contribution in [3.05, 3.63) is 77.4 Å². The Morgan fingerprint density at radius 3 is 2.55 bits per heavy atom. The molecule has 0 unspecified atom stereocenters. The fraction of sp³-hybridized carbons (Fsp3) is 0.158. The zero-order valence-electron chi connectivity index (χ0n) is 12.3. The van der Waals surface area contributed by atoms with Gasteiger partial charge in [-0.1, -0.05) is 43.3 Å². The van der Waals surface area contributed by atoms with E-state index in [9.17, 15) is 9.18 Å². The number of pyridine rings is 1. The number of ketones is 1. The van der Waals surface area contributed by atoms with Crippen LogP contribution in [0, 0.1) is 5.82 Å². The van der Waals surface area contributed by atoms with Crippen LogP contribution in [0.3, 0.4) is 0 Å². The van der Waals surface area contributed by atoms with E-state index in [0.29, 0.717) is 11.1 Å². The Hall–Kier alpha value is -2.55. The molecule has 0 radical (unpaired) electrons. The lowest BCUT2D eigenvalue weighted by molar-refractivity contribution is 0.0988. The summed E-state index contributed by atoms with van der Waals surface area (Å²) in [6.45, 7) is 2.00. The molecule has 1 heterocycles. The Morgan fingerprint density at radius 1 is 1.00 bits per heavy atom. The summed E-state index contributed by atoms with van der Waals surface area (Å²) in [6.07, 6.45) is 1.02. The van der Waals surface area contributed by atoms with Gasteiger partial charge in [-0.15, -0.1) is 0 Å². The van der Waals surface area contributed by atoms with Crippen LogP contribution >= 0.6 is 0 Å². The molecule has 0 bridgehead atoms. The minimum atomic E-state index is -0.266. The molecule has 0 fully saturated rings. The van der Waals surface area contributed by atoms with Crippen molar-refractivity contribution in [2.45, 2.75) is 19.8 Å². The molecule has 0 saturated heterocycles. The van der Waals surface area contributed by atoms with Crippen molar-refractivity contribution >= 4 is 16.6 Å². The first-order chi connectivity index (χ1) is 10.7. The number of hydrogen-bond acceptors (Lipinski definition) is 2. The summed E-state index contributed by atoms with van der Waals surface area (Å²) in [6, 6.07) is 15.8. The average Bonchev–Trinajstić information content (AvgIpc) is 2.57. The van der Waals surface area contributed by atoms with Crippen LogP contribution in [-0.2, 0) is 12.8 Å². The van der Waals surface area contributed by atoms with Crippen molar-refractivity contribution in [3.63, 3.8) is 0 Å². The Kier molecular flexibility index (Phi) is 3.96.